The van der Waals surface area contributed by atoms with E-state index in [9.17, 15) is 4.79 Å². The summed E-state index contributed by atoms with van der Waals surface area (Å²) in [6, 6.07) is 0. The molecule has 1 N–H and O–H groups in total. The summed E-state index contributed by atoms with van der Waals surface area (Å²) in [5.74, 6) is 1.49. The molecular formula is C14H27ClN2O2. The fourth-order valence-corrected chi connectivity index (χ4v) is 2.93. The standard InChI is InChI=1S/C14H26N2O2.ClH/c1-12(13-4-2-5-15-11-13)10-14(17)16-6-3-8-18-9-7-16;/h12-13,15H,2-11H2,1H3;1H. The molecule has 2 aliphatic heterocycles. The van der Waals surface area contributed by atoms with Gasteiger partial charge < -0.3 is 15.0 Å². The average molecular weight is 291 g/mol. The predicted octanol–water partition coefficient (Wildman–Crippen LogP) is 1.68. The summed E-state index contributed by atoms with van der Waals surface area (Å²) in [4.78, 5) is 14.2. The van der Waals surface area contributed by atoms with E-state index in [1.165, 1.54) is 12.8 Å². The van der Waals surface area contributed by atoms with Crippen LogP contribution in [0.2, 0.25) is 0 Å². The molecule has 0 aromatic rings. The Balaban J connectivity index is 0.00000180. The minimum Gasteiger partial charge on any atom is -0.380 e. The topological polar surface area (TPSA) is 41.6 Å². The van der Waals surface area contributed by atoms with Crippen LogP contribution in [0.15, 0.2) is 0 Å². The number of nitrogens with one attached hydrogen (secondary N) is 1. The van der Waals surface area contributed by atoms with Crippen molar-refractivity contribution in [1.82, 2.24) is 10.2 Å². The zero-order valence-electron chi connectivity index (χ0n) is 11.9. The van der Waals surface area contributed by atoms with Gasteiger partial charge in [0.15, 0.2) is 0 Å². The van der Waals surface area contributed by atoms with Crippen LogP contribution in [-0.4, -0.2) is 50.2 Å². The van der Waals surface area contributed by atoms with Gasteiger partial charge in [-0.3, -0.25) is 4.79 Å². The smallest absolute Gasteiger partial charge is 0.222 e. The van der Waals surface area contributed by atoms with E-state index in [1.807, 2.05) is 4.90 Å². The van der Waals surface area contributed by atoms with Crippen molar-refractivity contribution < 1.29 is 9.53 Å². The molecule has 4 nitrogen and oxygen atoms in total. The molecule has 0 bridgehead atoms. The Bertz CT molecular complexity index is 262. The molecule has 0 saturated carbocycles. The Hall–Kier alpha value is -0.320. The van der Waals surface area contributed by atoms with E-state index in [0.717, 1.165) is 39.2 Å². The molecule has 1 amide bonds. The lowest BCUT2D eigenvalue weighted by Gasteiger charge is -2.29. The normalized spacial score (nSPS) is 26.2. The molecule has 2 saturated heterocycles. The van der Waals surface area contributed by atoms with Gasteiger partial charge in [0.1, 0.15) is 0 Å². The van der Waals surface area contributed by atoms with Crippen LogP contribution in [0, 0.1) is 11.8 Å². The number of carbonyl (C=O) groups is 1. The van der Waals surface area contributed by atoms with Gasteiger partial charge in [-0.15, -0.1) is 12.4 Å². The van der Waals surface area contributed by atoms with Crippen LogP contribution in [0.25, 0.3) is 0 Å². The van der Waals surface area contributed by atoms with E-state index in [0.29, 0.717) is 30.8 Å². The minimum absolute atomic E-state index is 0. The minimum atomic E-state index is 0. The highest BCUT2D eigenvalue weighted by molar-refractivity contribution is 5.85. The lowest BCUT2D eigenvalue weighted by molar-refractivity contribution is -0.132. The third-order valence-corrected chi connectivity index (χ3v) is 4.21. The largest absolute Gasteiger partial charge is 0.380 e. The van der Waals surface area contributed by atoms with Gasteiger partial charge in [0, 0.05) is 26.1 Å². The summed E-state index contributed by atoms with van der Waals surface area (Å²) >= 11 is 0. The Morgan fingerprint density at radius 3 is 2.95 bits per heavy atom. The molecule has 0 aliphatic carbocycles. The zero-order valence-corrected chi connectivity index (χ0v) is 12.7. The van der Waals surface area contributed by atoms with E-state index in [4.69, 9.17) is 4.74 Å². The highest BCUT2D eigenvalue weighted by Gasteiger charge is 2.24. The first-order valence-corrected chi connectivity index (χ1v) is 7.33. The average Bonchev–Trinajstić information content (AvgIpc) is 2.68. The third-order valence-electron chi connectivity index (χ3n) is 4.21. The van der Waals surface area contributed by atoms with Crippen molar-refractivity contribution in [1.29, 1.82) is 0 Å². The molecule has 5 heteroatoms. The van der Waals surface area contributed by atoms with Crippen LogP contribution in [0.4, 0.5) is 0 Å². The number of hydrogen-bond acceptors (Lipinski definition) is 3. The third kappa shape index (κ3) is 5.28. The van der Waals surface area contributed by atoms with E-state index in [2.05, 4.69) is 12.2 Å². The molecule has 2 fully saturated rings. The van der Waals surface area contributed by atoms with E-state index < -0.39 is 0 Å². The van der Waals surface area contributed by atoms with Crippen LogP contribution in [0.1, 0.15) is 32.6 Å². The van der Waals surface area contributed by atoms with Crippen molar-refractivity contribution >= 4 is 18.3 Å². The second kappa shape index (κ2) is 8.77. The molecule has 2 atom stereocenters. The number of piperidine rings is 1. The molecule has 112 valence electrons. The number of amides is 1. The fourth-order valence-electron chi connectivity index (χ4n) is 2.93. The Morgan fingerprint density at radius 1 is 1.37 bits per heavy atom. The number of halogens is 1. The summed E-state index contributed by atoms with van der Waals surface area (Å²) < 4.78 is 5.39. The first-order chi connectivity index (χ1) is 8.77. The first-order valence-electron chi connectivity index (χ1n) is 7.33. The lowest BCUT2D eigenvalue weighted by Crippen LogP contribution is -2.38. The highest BCUT2D eigenvalue weighted by atomic mass is 35.5. The van der Waals surface area contributed by atoms with E-state index >= 15 is 0 Å². The van der Waals surface area contributed by atoms with Crippen molar-refractivity contribution in [3.63, 3.8) is 0 Å². The predicted molar refractivity (Wildman–Crippen MR) is 78.6 cm³/mol. The maximum atomic E-state index is 12.3. The molecule has 2 heterocycles. The van der Waals surface area contributed by atoms with Crippen molar-refractivity contribution in [3.8, 4) is 0 Å². The molecule has 19 heavy (non-hydrogen) atoms. The maximum Gasteiger partial charge on any atom is 0.222 e. The van der Waals surface area contributed by atoms with Crippen LogP contribution < -0.4 is 5.32 Å². The SMILES string of the molecule is CC(CC(=O)N1CCCOCC1)C1CCCNC1.Cl. The molecule has 0 spiro atoms. The Kier molecular flexibility index (Phi) is 7.73. The van der Waals surface area contributed by atoms with Crippen LogP contribution in [-0.2, 0) is 9.53 Å². The van der Waals surface area contributed by atoms with Gasteiger partial charge in [-0.2, -0.15) is 0 Å². The molecule has 0 radical (unpaired) electrons. The molecule has 2 unspecified atom stereocenters. The van der Waals surface area contributed by atoms with Gasteiger partial charge in [0.05, 0.1) is 6.61 Å². The van der Waals surface area contributed by atoms with Gasteiger partial charge in [0.25, 0.3) is 0 Å². The summed E-state index contributed by atoms with van der Waals surface area (Å²) in [5.41, 5.74) is 0. The van der Waals surface area contributed by atoms with Gasteiger partial charge in [0.2, 0.25) is 5.91 Å². The summed E-state index contributed by atoms with van der Waals surface area (Å²) in [6.45, 7) is 7.59. The zero-order chi connectivity index (χ0) is 12.8. The van der Waals surface area contributed by atoms with Gasteiger partial charge in [-0.05, 0) is 44.2 Å². The molecule has 2 aliphatic rings. The summed E-state index contributed by atoms with van der Waals surface area (Å²) in [6.07, 6.45) is 4.20. The van der Waals surface area contributed by atoms with Crippen LogP contribution in [0.3, 0.4) is 0 Å². The summed E-state index contributed by atoms with van der Waals surface area (Å²) in [5, 5.41) is 3.43. The molecule has 0 aromatic carbocycles. The lowest BCUT2D eigenvalue weighted by atomic mass is 9.85. The van der Waals surface area contributed by atoms with Gasteiger partial charge in [-0.25, -0.2) is 0 Å². The number of nitrogens with zero attached hydrogens (tertiary/aromatic N) is 1. The van der Waals surface area contributed by atoms with Gasteiger partial charge >= 0.3 is 0 Å². The fraction of sp³-hybridized carbons (Fsp3) is 0.929. The summed E-state index contributed by atoms with van der Waals surface area (Å²) in [7, 11) is 0. The number of ether oxygens (including phenoxy) is 1. The van der Waals surface area contributed by atoms with Crippen LogP contribution >= 0.6 is 12.4 Å². The van der Waals surface area contributed by atoms with Crippen molar-refractivity contribution in [3.05, 3.63) is 0 Å². The second-order valence-electron chi connectivity index (χ2n) is 5.63. The van der Waals surface area contributed by atoms with Crippen molar-refractivity contribution in [2.45, 2.75) is 32.6 Å². The molecular weight excluding hydrogens is 264 g/mol. The van der Waals surface area contributed by atoms with Crippen LogP contribution in [0.5, 0.6) is 0 Å². The quantitative estimate of drug-likeness (QED) is 0.860. The number of hydrogen-bond donors (Lipinski definition) is 1. The monoisotopic (exact) mass is 290 g/mol. The Morgan fingerprint density at radius 2 is 2.21 bits per heavy atom. The van der Waals surface area contributed by atoms with Gasteiger partial charge in [-0.1, -0.05) is 6.92 Å². The number of rotatable bonds is 3. The Labute approximate surface area is 122 Å². The maximum absolute atomic E-state index is 12.3. The van der Waals surface area contributed by atoms with E-state index in [-0.39, 0.29) is 12.4 Å². The van der Waals surface area contributed by atoms with Crippen molar-refractivity contribution in [2.75, 3.05) is 39.4 Å². The second-order valence-corrected chi connectivity index (χ2v) is 5.63. The molecule has 2 rings (SSSR count). The first kappa shape index (κ1) is 16.7. The number of carbonyl (C=O) groups excluding carboxylic acids is 1. The molecule has 0 aromatic heterocycles. The van der Waals surface area contributed by atoms with E-state index in [1.54, 1.807) is 0 Å². The highest BCUT2D eigenvalue weighted by Crippen LogP contribution is 2.23. The van der Waals surface area contributed by atoms with Crippen molar-refractivity contribution in [2.24, 2.45) is 11.8 Å².